The number of imidazole rings is 1. The Hall–Kier alpha value is -2.10. The van der Waals surface area contributed by atoms with E-state index < -0.39 is 0 Å². The maximum atomic E-state index is 12.6. The Morgan fingerprint density at radius 1 is 1.26 bits per heavy atom. The molecule has 122 valence electrons. The molecule has 0 aliphatic heterocycles. The molecule has 4 nitrogen and oxygen atoms in total. The van der Waals surface area contributed by atoms with E-state index in [1.807, 2.05) is 48.1 Å². The molecule has 0 saturated heterocycles. The van der Waals surface area contributed by atoms with Crippen LogP contribution in [0.2, 0.25) is 0 Å². The van der Waals surface area contributed by atoms with E-state index in [2.05, 4.69) is 10.3 Å². The second-order valence-electron chi connectivity index (χ2n) is 6.52. The molecule has 0 unspecified atom stereocenters. The largest absolute Gasteiger partial charge is 0.342 e. The predicted molar refractivity (Wildman–Crippen MR) is 90.8 cm³/mol. The van der Waals surface area contributed by atoms with Crippen LogP contribution in [0.3, 0.4) is 0 Å². The average Bonchev–Trinajstić information content (AvgIpc) is 3.00. The summed E-state index contributed by atoms with van der Waals surface area (Å²) in [7, 11) is 1.96. The molecule has 1 aromatic heterocycles. The summed E-state index contributed by atoms with van der Waals surface area (Å²) in [5.41, 5.74) is 1.07. The van der Waals surface area contributed by atoms with Crippen molar-refractivity contribution in [1.82, 2.24) is 14.9 Å². The summed E-state index contributed by atoms with van der Waals surface area (Å²) in [6.07, 6.45) is 10.5. The molecular formula is C19H25N3O. The number of nitrogens with zero attached hydrogens (tertiary/aromatic N) is 2. The van der Waals surface area contributed by atoms with E-state index in [4.69, 9.17) is 0 Å². The molecule has 1 aliphatic carbocycles. The molecule has 0 spiro atoms. The number of carbonyl (C=O) groups is 1. The van der Waals surface area contributed by atoms with Gasteiger partial charge in [0.15, 0.2) is 0 Å². The Balaban J connectivity index is 1.74. The first kappa shape index (κ1) is 15.8. The van der Waals surface area contributed by atoms with Crippen molar-refractivity contribution in [3.8, 4) is 0 Å². The fourth-order valence-electron chi connectivity index (χ4n) is 3.47. The molecule has 0 bridgehead atoms. The van der Waals surface area contributed by atoms with Gasteiger partial charge in [-0.15, -0.1) is 0 Å². The molecule has 0 radical (unpaired) electrons. The van der Waals surface area contributed by atoms with E-state index in [0.29, 0.717) is 12.3 Å². The van der Waals surface area contributed by atoms with E-state index >= 15 is 0 Å². The highest BCUT2D eigenvalue weighted by atomic mass is 16.1. The lowest BCUT2D eigenvalue weighted by Crippen LogP contribution is -2.32. The Bertz CT molecular complexity index is 629. The van der Waals surface area contributed by atoms with Crippen molar-refractivity contribution in [2.45, 2.75) is 44.6 Å². The minimum Gasteiger partial charge on any atom is -0.342 e. The fraction of sp³-hybridized carbons (Fsp3) is 0.474. The lowest BCUT2D eigenvalue weighted by Gasteiger charge is -2.23. The third-order valence-electron chi connectivity index (χ3n) is 4.75. The normalized spacial score (nSPS) is 16.9. The van der Waals surface area contributed by atoms with Gasteiger partial charge in [-0.25, -0.2) is 4.98 Å². The molecule has 1 heterocycles. The zero-order valence-electron chi connectivity index (χ0n) is 13.7. The quantitative estimate of drug-likeness (QED) is 0.917. The third-order valence-corrected chi connectivity index (χ3v) is 4.75. The van der Waals surface area contributed by atoms with E-state index in [1.165, 1.54) is 32.1 Å². The van der Waals surface area contributed by atoms with Gasteiger partial charge in [0.05, 0.1) is 0 Å². The SMILES string of the molecule is Cn1ccnc1[C@@H](NC(=O)CC1CCCCC1)c1ccccc1. The lowest BCUT2D eigenvalue weighted by atomic mass is 9.86. The number of benzene rings is 1. The molecule has 3 rings (SSSR count). The van der Waals surface area contributed by atoms with Gasteiger partial charge < -0.3 is 9.88 Å². The van der Waals surface area contributed by atoms with Crippen molar-refractivity contribution in [3.05, 3.63) is 54.1 Å². The summed E-state index contributed by atoms with van der Waals surface area (Å²) in [5, 5.41) is 3.20. The molecule has 4 heteroatoms. The van der Waals surface area contributed by atoms with Gasteiger partial charge in [-0.2, -0.15) is 0 Å². The number of aromatic nitrogens is 2. The summed E-state index contributed by atoms with van der Waals surface area (Å²) in [5.74, 6) is 1.54. The van der Waals surface area contributed by atoms with Gasteiger partial charge in [0, 0.05) is 25.9 Å². The van der Waals surface area contributed by atoms with Crippen LogP contribution < -0.4 is 5.32 Å². The molecule has 1 N–H and O–H groups in total. The van der Waals surface area contributed by atoms with Crippen molar-refractivity contribution in [2.24, 2.45) is 13.0 Å². The summed E-state index contributed by atoms with van der Waals surface area (Å²) >= 11 is 0. The van der Waals surface area contributed by atoms with Gasteiger partial charge in [0.2, 0.25) is 5.91 Å². The van der Waals surface area contributed by atoms with Gasteiger partial charge in [0.25, 0.3) is 0 Å². The van der Waals surface area contributed by atoms with Crippen molar-refractivity contribution in [1.29, 1.82) is 0 Å². The van der Waals surface area contributed by atoms with Gasteiger partial charge in [-0.05, 0) is 24.3 Å². The highest BCUT2D eigenvalue weighted by Gasteiger charge is 2.23. The summed E-state index contributed by atoms with van der Waals surface area (Å²) < 4.78 is 1.97. The van der Waals surface area contributed by atoms with Crippen LogP contribution in [0.4, 0.5) is 0 Å². The zero-order valence-corrected chi connectivity index (χ0v) is 13.7. The van der Waals surface area contributed by atoms with Crippen molar-refractivity contribution in [3.63, 3.8) is 0 Å². The monoisotopic (exact) mass is 311 g/mol. The van der Waals surface area contributed by atoms with Crippen molar-refractivity contribution < 1.29 is 4.79 Å². The second-order valence-corrected chi connectivity index (χ2v) is 6.52. The van der Waals surface area contributed by atoms with Crippen LogP contribution in [-0.2, 0) is 11.8 Å². The van der Waals surface area contributed by atoms with Crippen LogP contribution >= 0.6 is 0 Å². The highest BCUT2D eigenvalue weighted by molar-refractivity contribution is 5.77. The van der Waals surface area contributed by atoms with Crippen LogP contribution in [-0.4, -0.2) is 15.5 Å². The topological polar surface area (TPSA) is 46.9 Å². The van der Waals surface area contributed by atoms with E-state index in [9.17, 15) is 4.79 Å². The first-order valence-corrected chi connectivity index (χ1v) is 8.55. The molecule has 1 amide bonds. The van der Waals surface area contributed by atoms with E-state index in [0.717, 1.165) is 11.4 Å². The van der Waals surface area contributed by atoms with Crippen molar-refractivity contribution >= 4 is 5.91 Å². The maximum absolute atomic E-state index is 12.6. The van der Waals surface area contributed by atoms with Gasteiger partial charge in [-0.3, -0.25) is 4.79 Å². The molecule has 1 fully saturated rings. The van der Waals surface area contributed by atoms with Gasteiger partial charge in [0.1, 0.15) is 11.9 Å². The van der Waals surface area contributed by atoms with Crippen LogP contribution in [0.5, 0.6) is 0 Å². The Morgan fingerprint density at radius 2 is 2.00 bits per heavy atom. The molecule has 1 atom stereocenters. The fourth-order valence-corrected chi connectivity index (χ4v) is 3.47. The van der Waals surface area contributed by atoms with Gasteiger partial charge in [-0.1, -0.05) is 49.6 Å². The van der Waals surface area contributed by atoms with Gasteiger partial charge >= 0.3 is 0 Å². The van der Waals surface area contributed by atoms with E-state index in [1.54, 1.807) is 6.20 Å². The number of hydrogen-bond acceptors (Lipinski definition) is 2. The minimum absolute atomic E-state index is 0.133. The van der Waals surface area contributed by atoms with Crippen molar-refractivity contribution in [2.75, 3.05) is 0 Å². The summed E-state index contributed by atoms with van der Waals surface area (Å²) in [6.45, 7) is 0. The zero-order chi connectivity index (χ0) is 16.1. The Morgan fingerprint density at radius 3 is 2.65 bits per heavy atom. The summed E-state index contributed by atoms with van der Waals surface area (Å²) in [6, 6.07) is 9.88. The first-order chi connectivity index (χ1) is 11.2. The van der Waals surface area contributed by atoms with Crippen LogP contribution in [0.15, 0.2) is 42.7 Å². The Labute approximate surface area is 137 Å². The highest BCUT2D eigenvalue weighted by Crippen LogP contribution is 2.27. The van der Waals surface area contributed by atoms with Crippen LogP contribution in [0, 0.1) is 5.92 Å². The molecule has 23 heavy (non-hydrogen) atoms. The molecular weight excluding hydrogens is 286 g/mol. The molecule has 1 saturated carbocycles. The number of aryl methyl sites for hydroxylation is 1. The lowest BCUT2D eigenvalue weighted by molar-refractivity contribution is -0.122. The molecule has 1 aliphatic rings. The maximum Gasteiger partial charge on any atom is 0.221 e. The van der Waals surface area contributed by atoms with Crippen LogP contribution in [0.25, 0.3) is 0 Å². The number of nitrogens with one attached hydrogen (secondary N) is 1. The predicted octanol–water partition coefficient (Wildman–Crippen LogP) is 3.60. The third kappa shape index (κ3) is 4.01. The molecule has 2 aromatic rings. The second kappa shape index (κ2) is 7.44. The van der Waals surface area contributed by atoms with Crippen LogP contribution in [0.1, 0.15) is 56.0 Å². The number of hydrogen-bond donors (Lipinski definition) is 1. The molecule has 1 aromatic carbocycles. The number of carbonyl (C=O) groups excluding carboxylic acids is 1. The Kier molecular flexibility index (Phi) is 5.11. The smallest absolute Gasteiger partial charge is 0.221 e. The van der Waals surface area contributed by atoms with E-state index in [-0.39, 0.29) is 11.9 Å². The standard InChI is InChI=1S/C19H25N3O/c1-22-13-12-20-19(22)18(16-10-6-3-7-11-16)21-17(23)14-15-8-4-2-5-9-15/h3,6-7,10-13,15,18H,2,4-5,8-9,14H2,1H3,(H,21,23)/t18-/m0/s1. The number of rotatable bonds is 5. The minimum atomic E-state index is -0.188. The average molecular weight is 311 g/mol. The number of amides is 1. The first-order valence-electron chi connectivity index (χ1n) is 8.55. The summed E-state index contributed by atoms with van der Waals surface area (Å²) in [4.78, 5) is 17.0.